The lowest BCUT2D eigenvalue weighted by molar-refractivity contribution is -0.163. The number of hydrogen-bond acceptors (Lipinski definition) is 4. The van der Waals surface area contributed by atoms with Crippen molar-refractivity contribution in [2.45, 2.75) is 26.2 Å². The third-order valence-corrected chi connectivity index (χ3v) is 3.16. The molecule has 0 radical (unpaired) electrons. The van der Waals surface area contributed by atoms with Crippen LogP contribution in [-0.4, -0.2) is 40.6 Å². The Morgan fingerprint density at radius 3 is 2.71 bits per heavy atom. The normalized spacial score (nSPS) is 24.6. The number of carbonyl (C=O) groups is 3. The third-order valence-electron chi connectivity index (χ3n) is 3.05. The van der Waals surface area contributed by atoms with E-state index in [9.17, 15) is 14.4 Å². The molecule has 17 heavy (non-hydrogen) atoms. The monoisotopic (exact) mass is 263 g/mol. The van der Waals surface area contributed by atoms with E-state index in [-0.39, 0.29) is 25.5 Å². The van der Waals surface area contributed by atoms with Gasteiger partial charge in [-0.1, -0.05) is 18.5 Å². The van der Waals surface area contributed by atoms with E-state index in [0.29, 0.717) is 6.42 Å². The zero-order chi connectivity index (χ0) is 13.1. The Balaban J connectivity index is 2.95. The van der Waals surface area contributed by atoms with Gasteiger partial charge >= 0.3 is 12.1 Å². The molecule has 1 saturated heterocycles. The molecule has 0 aliphatic carbocycles. The van der Waals surface area contributed by atoms with Crippen molar-refractivity contribution in [1.29, 1.82) is 0 Å². The molecule has 6 nitrogen and oxygen atoms in total. The first kappa shape index (κ1) is 13.8. The van der Waals surface area contributed by atoms with Crippen LogP contribution in [0.4, 0.5) is 4.79 Å². The van der Waals surface area contributed by atoms with Crippen molar-refractivity contribution in [3.63, 3.8) is 0 Å². The van der Waals surface area contributed by atoms with E-state index in [1.807, 2.05) is 0 Å². The topological polar surface area (TPSA) is 83.9 Å². The molecule has 0 aromatic heterocycles. The van der Waals surface area contributed by atoms with Gasteiger partial charge < -0.3 is 9.84 Å². The van der Waals surface area contributed by atoms with Crippen LogP contribution in [0.2, 0.25) is 0 Å². The number of hydrogen-bond donors (Lipinski definition) is 1. The molecule has 0 aromatic rings. The van der Waals surface area contributed by atoms with E-state index in [4.69, 9.17) is 16.7 Å². The number of alkyl halides is 1. The minimum absolute atomic E-state index is 0.145. The molecule has 1 aliphatic rings. The van der Waals surface area contributed by atoms with E-state index in [2.05, 4.69) is 4.74 Å². The Morgan fingerprint density at radius 1 is 1.59 bits per heavy atom. The Morgan fingerprint density at radius 2 is 2.24 bits per heavy atom. The molecule has 96 valence electrons. The molecule has 1 fully saturated rings. The maximum atomic E-state index is 12.0. The number of imide groups is 1. The number of nitrogens with zero attached hydrogens (tertiary/aromatic N) is 1. The van der Waals surface area contributed by atoms with Gasteiger partial charge in [0.25, 0.3) is 0 Å². The van der Waals surface area contributed by atoms with E-state index in [1.54, 1.807) is 6.92 Å². The average molecular weight is 264 g/mol. The highest BCUT2D eigenvalue weighted by Crippen LogP contribution is 2.35. The van der Waals surface area contributed by atoms with Crippen molar-refractivity contribution in [2.24, 2.45) is 5.41 Å². The lowest BCUT2D eigenvalue weighted by Gasteiger charge is -2.36. The van der Waals surface area contributed by atoms with Gasteiger partial charge in [0.2, 0.25) is 5.91 Å². The highest BCUT2D eigenvalue weighted by Gasteiger charge is 2.50. The number of likely N-dealkylation sites (tertiary alicyclic amines) is 1. The zero-order valence-corrected chi connectivity index (χ0v) is 10.2. The molecule has 1 heterocycles. The Bertz CT molecular complexity index is 346. The maximum absolute atomic E-state index is 12.0. The minimum atomic E-state index is -1.51. The van der Waals surface area contributed by atoms with E-state index in [1.165, 1.54) is 0 Å². The summed E-state index contributed by atoms with van der Waals surface area (Å²) in [4.78, 5) is 35.5. The van der Waals surface area contributed by atoms with Crippen molar-refractivity contribution in [2.75, 3.05) is 12.6 Å². The van der Waals surface area contributed by atoms with Crippen LogP contribution < -0.4 is 0 Å². The van der Waals surface area contributed by atoms with E-state index < -0.39 is 23.4 Å². The summed E-state index contributed by atoms with van der Waals surface area (Å²) >= 11 is 5.23. The van der Waals surface area contributed by atoms with Gasteiger partial charge in [0.15, 0.2) is 6.07 Å². The second-order valence-corrected chi connectivity index (χ2v) is 4.04. The van der Waals surface area contributed by atoms with Crippen LogP contribution in [0.3, 0.4) is 0 Å². The van der Waals surface area contributed by atoms with Crippen molar-refractivity contribution >= 4 is 29.6 Å². The maximum Gasteiger partial charge on any atom is 0.417 e. The second kappa shape index (κ2) is 5.35. The Labute approximate surface area is 103 Å². The van der Waals surface area contributed by atoms with E-state index in [0.717, 1.165) is 4.90 Å². The van der Waals surface area contributed by atoms with Gasteiger partial charge in [-0.05, 0) is 19.3 Å². The predicted molar refractivity (Wildman–Crippen MR) is 58.5 cm³/mol. The first-order valence-electron chi connectivity index (χ1n) is 5.27. The fourth-order valence-corrected chi connectivity index (χ4v) is 2.08. The lowest BCUT2D eigenvalue weighted by atomic mass is 9.77. The van der Waals surface area contributed by atoms with Crippen molar-refractivity contribution in [3.8, 4) is 0 Å². The zero-order valence-electron chi connectivity index (χ0n) is 9.44. The Kier molecular flexibility index (Phi) is 4.34. The van der Waals surface area contributed by atoms with Gasteiger partial charge in [0.1, 0.15) is 5.41 Å². The van der Waals surface area contributed by atoms with Crippen LogP contribution in [0.5, 0.6) is 0 Å². The summed E-state index contributed by atoms with van der Waals surface area (Å²) in [5.74, 6) is -1.91. The highest BCUT2D eigenvalue weighted by molar-refractivity contribution is 6.17. The molecule has 0 aromatic carbocycles. The number of carboxylic acids is 1. The Hall–Kier alpha value is -1.30. The van der Waals surface area contributed by atoms with Crippen LogP contribution in [0, 0.1) is 5.41 Å². The van der Waals surface area contributed by atoms with Gasteiger partial charge in [0, 0.05) is 6.54 Å². The number of halogens is 1. The minimum Gasteiger partial charge on any atom is -0.480 e. The number of ether oxygens (including phenoxy) is 1. The summed E-state index contributed by atoms with van der Waals surface area (Å²) in [6.07, 6.45) is -0.0546. The highest BCUT2D eigenvalue weighted by atomic mass is 35.5. The number of amides is 2. The first-order valence-corrected chi connectivity index (χ1v) is 5.81. The standard InChI is InChI=1S/C10H14ClNO5/c1-2-10(8(14)15)4-3-5-12(7(10)13)9(16)17-6-11/h2-6H2,1H3,(H,14,15). The first-order chi connectivity index (χ1) is 7.99. The molecule has 1 N–H and O–H groups in total. The van der Waals surface area contributed by atoms with Crippen molar-refractivity contribution < 1.29 is 24.2 Å². The van der Waals surface area contributed by atoms with E-state index >= 15 is 0 Å². The number of aliphatic carboxylic acids is 1. The number of carboxylic acid groups (broad SMARTS) is 1. The van der Waals surface area contributed by atoms with Crippen LogP contribution in [0.15, 0.2) is 0 Å². The predicted octanol–water partition coefficient (Wildman–Crippen LogP) is 1.42. The van der Waals surface area contributed by atoms with Crippen LogP contribution in [0.25, 0.3) is 0 Å². The molecule has 0 bridgehead atoms. The summed E-state index contributed by atoms with van der Waals surface area (Å²) in [5, 5.41) is 9.16. The third kappa shape index (κ3) is 2.36. The van der Waals surface area contributed by atoms with Crippen molar-refractivity contribution in [3.05, 3.63) is 0 Å². The lowest BCUT2D eigenvalue weighted by Crippen LogP contribution is -2.54. The summed E-state index contributed by atoms with van der Waals surface area (Å²) < 4.78 is 4.51. The van der Waals surface area contributed by atoms with Crippen LogP contribution >= 0.6 is 11.6 Å². The smallest absolute Gasteiger partial charge is 0.417 e. The molecule has 7 heteroatoms. The molecule has 1 atom stereocenters. The number of rotatable bonds is 3. The van der Waals surface area contributed by atoms with Gasteiger partial charge in [-0.2, -0.15) is 0 Å². The van der Waals surface area contributed by atoms with Gasteiger partial charge in [0.05, 0.1) is 0 Å². The molecule has 0 saturated carbocycles. The van der Waals surface area contributed by atoms with Crippen molar-refractivity contribution in [1.82, 2.24) is 4.90 Å². The molecule has 2 amide bonds. The fraction of sp³-hybridized carbons (Fsp3) is 0.700. The summed E-state index contributed by atoms with van der Waals surface area (Å²) in [5.41, 5.74) is -1.51. The summed E-state index contributed by atoms with van der Waals surface area (Å²) in [6.45, 7) is 1.78. The largest absolute Gasteiger partial charge is 0.480 e. The molecule has 1 aliphatic heterocycles. The van der Waals surface area contributed by atoms with Gasteiger partial charge in [-0.3, -0.25) is 9.59 Å². The number of piperidine rings is 1. The van der Waals surface area contributed by atoms with Crippen LogP contribution in [-0.2, 0) is 14.3 Å². The average Bonchev–Trinajstić information content (AvgIpc) is 2.29. The van der Waals surface area contributed by atoms with Gasteiger partial charge in [-0.15, -0.1) is 0 Å². The molecule has 1 rings (SSSR count). The quantitative estimate of drug-likeness (QED) is 0.615. The van der Waals surface area contributed by atoms with Gasteiger partial charge in [-0.25, -0.2) is 9.69 Å². The molecule has 1 unspecified atom stereocenters. The molecular formula is C10H14ClNO5. The number of carbonyl (C=O) groups excluding carboxylic acids is 2. The fourth-order valence-electron chi connectivity index (χ4n) is 1.98. The van der Waals surface area contributed by atoms with Crippen LogP contribution in [0.1, 0.15) is 26.2 Å². The SMILES string of the molecule is CCC1(C(=O)O)CCCN(C(=O)OCCl)C1=O. The summed E-state index contributed by atoms with van der Waals surface area (Å²) in [7, 11) is 0. The molecule has 0 spiro atoms. The molecular weight excluding hydrogens is 250 g/mol. The summed E-state index contributed by atoms with van der Waals surface area (Å²) in [6, 6.07) is -0.366. The second-order valence-electron chi connectivity index (χ2n) is 3.82.